The van der Waals surface area contributed by atoms with Gasteiger partial charge in [-0.1, -0.05) is 0 Å². The summed E-state index contributed by atoms with van der Waals surface area (Å²) in [5, 5.41) is 0. The van der Waals surface area contributed by atoms with E-state index in [1.54, 1.807) is 0 Å². The molecule has 0 spiro atoms. The molecule has 0 heterocycles. The van der Waals surface area contributed by atoms with Gasteiger partial charge in [-0.05, 0) is 0 Å². The van der Waals surface area contributed by atoms with Crippen LogP contribution in [0.2, 0.25) is 0 Å². The summed E-state index contributed by atoms with van der Waals surface area (Å²) in [5.74, 6) is 0. The molecule has 0 aliphatic rings. The van der Waals surface area contributed by atoms with Crippen LogP contribution in [0, 0.1) is 0 Å². The first kappa shape index (κ1) is 33.6. The summed E-state index contributed by atoms with van der Waals surface area (Å²) >= 11 is 0. The molecule has 0 bridgehead atoms. The van der Waals surface area contributed by atoms with E-state index in [1.165, 1.54) is 0 Å². The van der Waals surface area contributed by atoms with Crippen molar-refractivity contribution in [3.63, 3.8) is 0 Å². The third kappa shape index (κ3) is 8.86. The van der Waals surface area contributed by atoms with E-state index in [0.29, 0.717) is 0 Å². The number of hydrogen-bond donors (Lipinski definition) is 0. The van der Waals surface area contributed by atoms with E-state index < -0.39 is 0 Å². The monoisotopic (exact) mass is 237 g/mol. The third-order valence-corrected chi connectivity index (χ3v) is 0. The molecule has 0 aromatic rings. The quantitative estimate of drug-likeness (QED) is 0.465. The van der Waals surface area contributed by atoms with Gasteiger partial charge in [0, 0.05) is 55.9 Å². The molecule has 0 aromatic heterocycles. The second-order valence-corrected chi connectivity index (χ2v) is 0. The Kier molecular flexibility index (Phi) is 156. The SMILES string of the molecule is [AlH3].[Fe].[Nb].[Ni]. The van der Waals surface area contributed by atoms with Gasteiger partial charge >= 0.3 is 0 Å². The predicted octanol–water partition coefficient (Wildman–Crippen LogP) is -1.19. The van der Waals surface area contributed by atoms with Gasteiger partial charge in [-0.15, -0.1) is 0 Å². The largest absolute Gasteiger partial charge is 0.187 e. The maximum Gasteiger partial charge on any atom is 0.187 e. The fourth-order valence-electron chi connectivity index (χ4n) is 0. The first-order valence-corrected chi connectivity index (χ1v) is 0. The van der Waals surface area contributed by atoms with Crippen molar-refractivity contribution in [3.8, 4) is 0 Å². The molecule has 0 saturated heterocycles. The van der Waals surface area contributed by atoms with Gasteiger partial charge in [0.05, 0.1) is 0 Å². The van der Waals surface area contributed by atoms with E-state index in [0.717, 1.165) is 0 Å². The standard InChI is InChI=1S/Al.Fe.Nb.Ni.3H. The van der Waals surface area contributed by atoms with Crippen LogP contribution in [0.4, 0.5) is 0 Å². The van der Waals surface area contributed by atoms with Crippen molar-refractivity contribution in [2.24, 2.45) is 0 Å². The third-order valence-electron chi connectivity index (χ3n) is 0. The Morgan fingerprint density at radius 2 is 1.00 bits per heavy atom. The minimum Gasteiger partial charge on any atom is 0 e. The van der Waals surface area contributed by atoms with Gasteiger partial charge < -0.3 is 0 Å². The Balaban J connectivity index is 0. The van der Waals surface area contributed by atoms with Crippen molar-refractivity contribution in [2.45, 2.75) is 0 Å². The van der Waals surface area contributed by atoms with Gasteiger partial charge in [0.2, 0.25) is 0 Å². The molecule has 4 heavy (non-hydrogen) atoms. The van der Waals surface area contributed by atoms with Crippen molar-refractivity contribution >= 4 is 17.4 Å². The zero-order valence-electron chi connectivity index (χ0n) is 1.12. The van der Waals surface area contributed by atoms with Crippen LogP contribution in [-0.4, -0.2) is 17.4 Å². The van der Waals surface area contributed by atoms with Crippen molar-refractivity contribution in [2.75, 3.05) is 0 Å². The minimum absolute atomic E-state index is 0. The summed E-state index contributed by atoms with van der Waals surface area (Å²) in [5.41, 5.74) is 0. The second kappa shape index (κ2) is 18.6. The molecule has 0 amide bonds. The first-order chi connectivity index (χ1) is 0. The molecule has 0 rings (SSSR count). The topological polar surface area (TPSA) is 0 Å². The second-order valence-electron chi connectivity index (χ2n) is 0. The number of hydrogen-bond acceptors (Lipinski definition) is 0. The zero-order valence-corrected chi connectivity index (χ0v) is 5.41. The molecule has 0 aliphatic heterocycles. The molecule has 0 saturated carbocycles. The molecule has 0 atom stereocenters. The normalized spacial score (nSPS) is 0. The fraction of sp³-hybridized carbons (Fsp3) is 0. The van der Waals surface area contributed by atoms with Crippen LogP contribution >= 0.6 is 0 Å². The van der Waals surface area contributed by atoms with Crippen LogP contribution in [0.3, 0.4) is 0 Å². The van der Waals surface area contributed by atoms with Gasteiger partial charge in [-0.25, -0.2) is 0 Å². The Morgan fingerprint density at radius 1 is 1.00 bits per heavy atom. The van der Waals surface area contributed by atoms with Crippen LogP contribution in [0.1, 0.15) is 0 Å². The van der Waals surface area contributed by atoms with Crippen LogP contribution in [0.15, 0.2) is 0 Å². The fourth-order valence-corrected chi connectivity index (χ4v) is 0. The smallest absolute Gasteiger partial charge is 0 e. The van der Waals surface area contributed by atoms with Gasteiger partial charge in [-0.2, -0.15) is 0 Å². The maximum absolute atomic E-state index is 0. The molecule has 0 unspecified atom stereocenters. The van der Waals surface area contributed by atoms with E-state index in [1.807, 2.05) is 0 Å². The summed E-state index contributed by atoms with van der Waals surface area (Å²) in [6.45, 7) is 0. The molecule has 29 valence electrons. The maximum atomic E-state index is 0. The van der Waals surface area contributed by atoms with Gasteiger partial charge in [0.25, 0.3) is 0 Å². The minimum atomic E-state index is 0. The molecule has 4 heteroatoms. The van der Waals surface area contributed by atoms with E-state index >= 15 is 0 Å². The summed E-state index contributed by atoms with van der Waals surface area (Å²) < 4.78 is 0. The Labute approximate surface area is 72.5 Å². The van der Waals surface area contributed by atoms with Crippen molar-refractivity contribution < 1.29 is 55.9 Å². The Hall–Kier alpha value is 2.29. The van der Waals surface area contributed by atoms with Gasteiger partial charge in [-0.3, -0.25) is 0 Å². The van der Waals surface area contributed by atoms with Crippen molar-refractivity contribution in [1.29, 1.82) is 0 Å². The molecule has 0 N–H and O–H groups in total. The molecule has 0 fully saturated rings. The summed E-state index contributed by atoms with van der Waals surface area (Å²) in [6, 6.07) is 0. The first-order valence-electron chi connectivity index (χ1n) is 0. The van der Waals surface area contributed by atoms with E-state index in [4.69, 9.17) is 0 Å². The molecule has 0 nitrogen and oxygen atoms in total. The number of rotatable bonds is 0. The molecular weight excluding hydrogens is 234 g/mol. The van der Waals surface area contributed by atoms with Crippen molar-refractivity contribution in [1.82, 2.24) is 0 Å². The van der Waals surface area contributed by atoms with E-state index in [-0.39, 0.29) is 73.3 Å². The van der Waals surface area contributed by atoms with Gasteiger partial charge in [0.15, 0.2) is 17.4 Å². The summed E-state index contributed by atoms with van der Waals surface area (Å²) in [7, 11) is 0. The average molecular weight is 237 g/mol. The van der Waals surface area contributed by atoms with Crippen molar-refractivity contribution in [3.05, 3.63) is 0 Å². The van der Waals surface area contributed by atoms with Crippen LogP contribution in [0.5, 0.6) is 0 Å². The Morgan fingerprint density at radius 3 is 1.00 bits per heavy atom. The molecule has 0 aliphatic carbocycles. The predicted molar refractivity (Wildman–Crippen MR) is 9.94 cm³/mol. The summed E-state index contributed by atoms with van der Waals surface area (Å²) in [6.07, 6.45) is 0. The van der Waals surface area contributed by atoms with E-state index in [9.17, 15) is 0 Å². The van der Waals surface area contributed by atoms with Gasteiger partial charge in [0.1, 0.15) is 0 Å². The van der Waals surface area contributed by atoms with E-state index in [2.05, 4.69) is 0 Å². The molecular formula is H3AlFeNbNi. The van der Waals surface area contributed by atoms with Crippen LogP contribution < -0.4 is 0 Å². The van der Waals surface area contributed by atoms with Crippen LogP contribution in [0.25, 0.3) is 0 Å². The van der Waals surface area contributed by atoms with Crippen LogP contribution in [-0.2, 0) is 55.9 Å². The summed E-state index contributed by atoms with van der Waals surface area (Å²) in [4.78, 5) is 0. The zero-order chi connectivity index (χ0) is 0. The molecule has 1 radical (unpaired) electrons. The average Bonchev–Trinajstić information content (AvgIpc) is 0. The molecule has 0 aromatic carbocycles. The Bertz CT molecular complexity index is 8.00.